The van der Waals surface area contributed by atoms with E-state index in [0.717, 1.165) is 39.2 Å². The minimum Gasteiger partial charge on any atom is -0.346 e. The molecular weight excluding hydrogens is 398 g/mol. The van der Waals surface area contributed by atoms with Crippen molar-refractivity contribution in [2.24, 2.45) is 5.73 Å². The van der Waals surface area contributed by atoms with Gasteiger partial charge in [0.15, 0.2) is 0 Å². The normalized spacial score (nSPS) is 17.7. The van der Waals surface area contributed by atoms with Gasteiger partial charge in [0.05, 0.1) is 18.2 Å². The summed E-state index contributed by atoms with van der Waals surface area (Å²) in [4.78, 5) is 24.0. The number of amides is 1. The highest BCUT2D eigenvalue weighted by Crippen LogP contribution is 2.41. The summed E-state index contributed by atoms with van der Waals surface area (Å²) in [5.74, 6) is -0.116. The molecule has 0 radical (unpaired) electrons. The zero-order valence-corrected chi connectivity index (χ0v) is 18.3. The molecule has 0 fully saturated rings. The van der Waals surface area contributed by atoms with Gasteiger partial charge in [0.1, 0.15) is 5.54 Å². The molecule has 0 saturated heterocycles. The van der Waals surface area contributed by atoms with Crippen LogP contribution in [-0.2, 0) is 10.3 Å². The van der Waals surface area contributed by atoms with Gasteiger partial charge in [-0.2, -0.15) is 0 Å². The molecule has 1 aromatic carbocycles. The Morgan fingerprint density at radius 3 is 2.72 bits per heavy atom. The van der Waals surface area contributed by atoms with Gasteiger partial charge in [-0.15, -0.1) is 0 Å². The summed E-state index contributed by atoms with van der Waals surface area (Å²) >= 11 is 0. The van der Waals surface area contributed by atoms with Crippen LogP contribution >= 0.6 is 0 Å². The van der Waals surface area contributed by atoms with Crippen molar-refractivity contribution in [2.75, 3.05) is 5.32 Å². The van der Waals surface area contributed by atoms with Gasteiger partial charge in [-0.1, -0.05) is 48.6 Å². The Morgan fingerprint density at radius 1 is 1.22 bits per heavy atom. The highest BCUT2D eigenvalue weighted by molar-refractivity contribution is 5.95. The van der Waals surface area contributed by atoms with E-state index in [0.29, 0.717) is 6.42 Å². The van der Waals surface area contributed by atoms with Crippen LogP contribution in [0.2, 0.25) is 0 Å². The van der Waals surface area contributed by atoms with Crippen molar-refractivity contribution in [3.8, 4) is 0 Å². The van der Waals surface area contributed by atoms with Gasteiger partial charge < -0.3 is 16.0 Å². The number of H-pyrrole nitrogens is 1. The summed E-state index contributed by atoms with van der Waals surface area (Å²) in [6.45, 7) is 8.09. The molecule has 4 N–H and O–H groups in total. The number of pyridine rings is 1. The molecule has 0 aliphatic carbocycles. The van der Waals surface area contributed by atoms with E-state index in [2.05, 4.69) is 32.9 Å². The van der Waals surface area contributed by atoms with Gasteiger partial charge in [-0.05, 0) is 48.2 Å². The second-order valence-corrected chi connectivity index (χ2v) is 8.24. The fraction of sp³-hybridized carbons (Fsp3) is 0.192. The molecule has 1 amide bonds. The maximum absolute atomic E-state index is 12.4. The number of nitrogens with one attached hydrogen (secondary N) is 2. The fourth-order valence-corrected chi connectivity index (χ4v) is 4.15. The number of aromatic amines is 1. The first kappa shape index (κ1) is 21.5. The predicted octanol–water partition coefficient (Wildman–Crippen LogP) is 4.56. The molecule has 6 nitrogen and oxygen atoms in total. The zero-order valence-electron chi connectivity index (χ0n) is 18.3. The number of hydrogen-bond acceptors (Lipinski definition) is 4. The van der Waals surface area contributed by atoms with Crippen LogP contribution in [0.4, 0.5) is 5.69 Å². The van der Waals surface area contributed by atoms with Crippen LogP contribution < -0.4 is 11.1 Å². The third kappa shape index (κ3) is 3.92. The van der Waals surface area contributed by atoms with Crippen molar-refractivity contribution in [2.45, 2.75) is 31.7 Å². The van der Waals surface area contributed by atoms with E-state index < -0.39 is 5.54 Å². The van der Waals surface area contributed by atoms with E-state index in [1.54, 1.807) is 24.8 Å². The number of rotatable bonds is 6. The Hall–Kier alpha value is -3.77. The minimum absolute atomic E-state index is 0.0121. The molecule has 0 bridgehead atoms. The fourth-order valence-electron chi connectivity index (χ4n) is 4.15. The Kier molecular flexibility index (Phi) is 5.88. The van der Waals surface area contributed by atoms with Crippen molar-refractivity contribution in [1.29, 1.82) is 0 Å². The second-order valence-electron chi connectivity index (χ2n) is 8.24. The van der Waals surface area contributed by atoms with Crippen molar-refractivity contribution in [3.63, 3.8) is 0 Å². The Morgan fingerprint density at radius 2 is 2.06 bits per heavy atom. The topological polar surface area (TPSA) is 96.7 Å². The average molecular weight is 426 g/mol. The molecule has 2 unspecified atom stereocenters. The molecule has 2 atom stereocenters. The van der Waals surface area contributed by atoms with Crippen LogP contribution in [0.5, 0.6) is 0 Å². The maximum atomic E-state index is 12.4. The lowest BCUT2D eigenvalue weighted by atomic mass is 9.77. The Balaban J connectivity index is 1.91. The lowest BCUT2D eigenvalue weighted by molar-refractivity contribution is -0.116. The molecule has 32 heavy (non-hydrogen) atoms. The summed E-state index contributed by atoms with van der Waals surface area (Å²) in [6, 6.07) is 9.84. The van der Waals surface area contributed by atoms with Crippen molar-refractivity contribution in [3.05, 3.63) is 114 Å². The molecule has 2 aromatic heterocycles. The third-order valence-electron chi connectivity index (χ3n) is 5.83. The number of benzene rings is 1. The van der Waals surface area contributed by atoms with Gasteiger partial charge in [0.25, 0.3) is 0 Å². The van der Waals surface area contributed by atoms with Crippen LogP contribution in [0.15, 0.2) is 91.2 Å². The van der Waals surface area contributed by atoms with Crippen LogP contribution in [0.3, 0.4) is 0 Å². The number of hydrogen-bond donors (Lipinski definition) is 3. The molecular formula is C26H27N5O. The van der Waals surface area contributed by atoms with Gasteiger partial charge in [-0.3, -0.25) is 9.78 Å². The standard InChI is InChI=1S/C26H27N5O/c1-4-19(8-7-17(2)3)26(27,24-15-29-16-30-24)20-9-10-23-22(12-20)21(13-25(32)31-23)18-6-5-11-28-14-18/h4-12,14-16,21H,1,13,27H2,2-3H3,(H,29,30)(H,31,32)/b19-8+. The van der Waals surface area contributed by atoms with E-state index >= 15 is 0 Å². The highest BCUT2D eigenvalue weighted by atomic mass is 16.1. The van der Waals surface area contributed by atoms with Crippen LogP contribution in [0.25, 0.3) is 0 Å². The van der Waals surface area contributed by atoms with E-state index in [4.69, 9.17) is 5.73 Å². The molecule has 1 aliphatic rings. The van der Waals surface area contributed by atoms with Gasteiger partial charge in [-0.25, -0.2) is 4.98 Å². The number of carbonyl (C=O) groups excluding carboxylic acids is 1. The summed E-state index contributed by atoms with van der Waals surface area (Å²) in [6.07, 6.45) is 13.0. The number of anilines is 1. The smallest absolute Gasteiger partial charge is 0.225 e. The zero-order chi connectivity index (χ0) is 22.7. The lowest BCUT2D eigenvalue weighted by Crippen LogP contribution is -2.40. The monoisotopic (exact) mass is 425 g/mol. The van der Waals surface area contributed by atoms with Crippen LogP contribution in [-0.4, -0.2) is 20.9 Å². The van der Waals surface area contributed by atoms with Crippen molar-refractivity contribution >= 4 is 11.6 Å². The van der Waals surface area contributed by atoms with E-state index in [-0.39, 0.29) is 11.8 Å². The molecule has 162 valence electrons. The SMILES string of the molecule is C=C/C(=C\C=C(C)C)C(N)(c1ccc2c(c1)C(c1cccnc1)CC(=O)N2)c1cnc[nH]1. The number of fused-ring (bicyclic) bond motifs is 1. The highest BCUT2D eigenvalue weighted by Gasteiger charge is 2.36. The van der Waals surface area contributed by atoms with Gasteiger partial charge in [0, 0.05) is 30.4 Å². The summed E-state index contributed by atoms with van der Waals surface area (Å²) in [7, 11) is 0. The number of aromatic nitrogens is 3. The molecule has 0 saturated carbocycles. The third-order valence-corrected chi connectivity index (χ3v) is 5.83. The molecule has 3 heterocycles. The van der Waals surface area contributed by atoms with E-state index in [1.807, 2.05) is 56.5 Å². The summed E-state index contributed by atoms with van der Waals surface area (Å²) in [5, 5.41) is 2.99. The quantitative estimate of drug-likeness (QED) is 0.505. The number of allylic oxidation sites excluding steroid dienone is 3. The number of imidazole rings is 1. The molecule has 1 aliphatic heterocycles. The molecule has 0 spiro atoms. The Labute approximate surface area is 188 Å². The van der Waals surface area contributed by atoms with Crippen LogP contribution in [0.1, 0.15) is 48.6 Å². The first-order chi connectivity index (χ1) is 15.4. The lowest BCUT2D eigenvalue weighted by Gasteiger charge is -2.33. The predicted molar refractivity (Wildman–Crippen MR) is 127 cm³/mol. The van der Waals surface area contributed by atoms with E-state index in [9.17, 15) is 4.79 Å². The average Bonchev–Trinajstić information content (AvgIpc) is 3.34. The summed E-state index contributed by atoms with van der Waals surface area (Å²) < 4.78 is 0. The first-order valence-electron chi connectivity index (χ1n) is 10.5. The number of nitrogens with zero attached hydrogens (tertiary/aromatic N) is 2. The largest absolute Gasteiger partial charge is 0.346 e. The molecule has 3 aromatic rings. The number of carbonyl (C=O) groups is 1. The van der Waals surface area contributed by atoms with Gasteiger partial charge in [0.2, 0.25) is 5.91 Å². The maximum Gasteiger partial charge on any atom is 0.225 e. The number of nitrogens with two attached hydrogens (primary N) is 1. The summed E-state index contributed by atoms with van der Waals surface area (Å²) in [5.41, 5.74) is 12.5. The second kappa shape index (κ2) is 8.77. The van der Waals surface area contributed by atoms with Crippen LogP contribution in [0, 0.1) is 0 Å². The first-order valence-corrected chi connectivity index (χ1v) is 10.5. The van der Waals surface area contributed by atoms with Crippen molar-refractivity contribution < 1.29 is 4.79 Å². The Bertz CT molecular complexity index is 1190. The van der Waals surface area contributed by atoms with E-state index in [1.165, 1.54) is 0 Å². The molecule has 4 rings (SSSR count). The van der Waals surface area contributed by atoms with Crippen molar-refractivity contribution in [1.82, 2.24) is 15.0 Å². The minimum atomic E-state index is -1.000. The molecule has 6 heteroatoms. The van der Waals surface area contributed by atoms with Gasteiger partial charge >= 0.3 is 0 Å².